The highest BCUT2D eigenvalue weighted by atomic mass is 15.2. The van der Waals surface area contributed by atoms with Crippen LogP contribution in [0.25, 0.3) is 150 Å². The summed E-state index contributed by atoms with van der Waals surface area (Å²) in [4.78, 5) is 16.1. The Morgan fingerprint density at radius 1 is 0.185 bits per heavy atom. The van der Waals surface area contributed by atoms with Gasteiger partial charge in [-0.1, -0.05) is 243 Å². The van der Waals surface area contributed by atoms with E-state index in [2.05, 4.69) is 268 Å². The van der Waals surface area contributed by atoms with E-state index in [-0.39, 0.29) is 0 Å². The van der Waals surface area contributed by atoms with Crippen molar-refractivity contribution >= 4 is 65.4 Å². The van der Waals surface area contributed by atoms with Crippen LogP contribution in [-0.2, 0) is 0 Å². The average molecular weight is 1030 g/mol. The molecule has 0 amide bonds. The van der Waals surface area contributed by atoms with Crippen LogP contribution < -0.4 is 0 Å². The van der Waals surface area contributed by atoms with E-state index in [1.807, 2.05) is 36.4 Å². The molecule has 12 aromatic carbocycles. The Bertz CT molecular complexity index is 4560. The van der Waals surface area contributed by atoms with Gasteiger partial charge in [0.15, 0.2) is 11.6 Å². The van der Waals surface area contributed by atoms with Gasteiger partial charge in [-0.3, -0.25) is 4.57 Å². The summed E-state index contributed by atoms with van der Waals surface area (Å²) in [5.41, 5.74) is 19.6. The summed E-state index contributed by atoms with van der Waals surface area (Å²) in [5, 5.41) is 6.90. The van der Waals surface area contributed by atoms with Crippen LogP contribution in [0, 0.1) is 0 Å². The molecule has 0 aliphatic heterocycles. The van der Waals surface area contributed by atoms with Gasteiger partial charge in [-0.2, -0.15) is 9.97 Å². The number of aromatic nitrogens is 6. The number of nitrogens with zero attached hydrogens (tertiary/aromatic N) is 6. The molecule has 0 unspecified atom stereocenters. The van der Waals surface area contributed by atoms with E-state index in [0.29, 0.717) is 17.6 Å². The van der Waals surface area contributed by atoms with Crippen LogP contribution in [0.1, 0.15) is 0 Å². The Labute approximate surface area is 467 Å². The number of hydrogen-bond donors (Lipinski definition) is 0. The molecule has 0 radical (unpaired) electrons. The van der Waals surface area contributed by atoms with E-state index in [9.17, 15) is 0 Å². The molecular formula is C75H48N6. The monoisotopic (exact) mass is 1030 g/mol. The lowest BCUT2D eigenvalue weighted by Gasteiger charge is -2.14. The van der Waals surface area contributed by atoms with E-state index < -0.39 is 0 Å². The molecule has 4 heterocycles. The van der Waals surface area contributed by atoms with Crippen molar-refractivity contribution in [1.29, 1.82) is 0 Å². The van der Waals surface area contributed by atoms with Crippen LogP contribution in [-0.4, -0.2) is 28.7 Å². The molecular weight excluding hydrogens is 985 g/mol. The Balaban J connectivity index is 1.00. The molecule has 0 saturated heterocycles. The molecule has 81 heavy (non-hydrogen) atoms. The van der Waals surface area contributed by atoms with Gasteiger partial charge in [0.2, 0.25) is 5.95 Å². The normalized spacial score (nSPS) is 11.7. The Morgan fingerprint density at radius 2 is 0.432 bits per heavy atom. The largest absolute Gasteiger partial charge is 0.309 e. The number of rotatable bonds is 9. The summed E-state index contributed by atoms with van der Waals surface area (Å²) >= 11 is 0. The lowest BCUT2D eigenvalue weighted by Crippen LogP contribution is -2.07. The van der Waals surface area contributed by atoms with Gasteiger partial charge in [0.05, 0.1) is 33.1 Å². The first-order valence-electron chi connectivity index (χ1n) is 27.5. The van der Waals surface area contributed by atoms with E-state index in [1.165, 1.54) is 43.8 Å². The van der Waals surface area contributed by atoms with Crippen molar-refractivity contribution in [3.63, 3.8) is 0 Å². The first kappa shape index (κ1) is 46.2. The average Bonchev–Trinajstić information content (AvgIpc) is 3.67. The summed E-state index contributed by atoms with van der Waals surface area (Å²) in [6.07, 6.45) is 0. The van der Waals surface area contributed by atoms with Gasteiger partial charge < -0.3 is 9.13 Å². The molecule has 6 nitrogen and oxygen atoms in total. The number of benzene rings is 12. The van der Waals surface area contributed by atoms with Crippen molar-refractivity contribution < 1.29 is 0 Å². The van der Waals surface area contributed by atoms with Crippen LogP contribution in [0.3, 0.4) is 0 Å². The second-order valence-electron chi connectivity index (χ2n) is 20.8. The molecule has 6 heteroatoms. The van der Waals surface area contributed by atoms with Gasteiger partial charge in [0, 0.05) is 54.8 Å². The molecule has 0 bridgehead atoms. The summed E-state index contributed by atoms with van der Waals surface area (Å²) in [6.45, 7) is 0. The van der Waals surface area contributed by atoms with Crippen molar-refractivity contribution in [2.45, 2.75) is 0 Å². The Kier molecular flexibility index (Phi) is 10.8. The third-order valence-corrected chi connectivity index (χ3v) is 16.1. The van der Waals surface area contributed by atoms with Crippen LogP contribution in [0.4, 0.5) is 0 Å². The van der Waals surface area contributed by atoms with Crippen molar-refractivity contribution in [1.82, 2.24) is 28.7 Å². The first-order valence-corrected chi connectivity index (χ1v) is 27.5. The molecule has 0 aliphatic carbocycles. The zero-order chi connectivity index (χ0) is 53.4. The van der Waals surface area contributed by atoms with Gasteiger partial charge in [-0.05, 0) is 93.0 Å². The highest BCUT2D eigenvalue weighted by Crippen LogP contribution is 2.42. The molecule has 16 aromatic rings. The highest BCUT2D eigenvalue weighted by molar-refractivity contribution is 6.15. The summed E-state index contributed by atoms with van der Waals surface area (Å²) < 4.78 is 7.16. The second-order valence-corrected chi connectivity index (χ2v) is 20.8. The van der Waals surface area contributed by atoms with Crippen LogP contribution in [0.15, 0.2) is 291 Å². The highest BCUT2D eigenvalue weighted by Gasteiger charge is 2.23. The second kappa shape index (κ2) is 18.9. The molecule has 0 N–H and O–H groups in total. The van der Waals surface area contributed by atoms with Gasteiger partial charge >= 0.3 is 0 Å². The maximum Gasteiger partial charge on any atom is 0.238 e. The zero-order valence-electron chi connectivity index (χ0n) is 43.9. The standard InChI is InChI=1S/C75H48N6/c1-7-19-49(20-8-1)55-31-37-61-62-38-32-56(50-21-9-2-10-22-50)44-68(62)79(67(61)43-55)59-35-41-65-66-42-36-60(48-72(66)81(71(65)47-59)75-77-73(53-27-15-5-16-28-53)76-74(78-75)54-29-17-6-18-30-54)80-69-45-57(51-23-11-3-12-24-51)33-39-63(69)64-40-34-58(46-70(64)80)52-25-13-4-14-26-52/h1-48H. The maximum atomic E-state index is 5.46. The minimum absolute atomic E-state index is 0.525. The van der Waals surface area contributed by atoms with E-state index in [1.54, 1.807) is 0 Å². The van der Waals surface area contributed by atoms with Crippen molar-refractivity contribution in [3.05, 3.63) is 291 Å². The molecule has 16 rings (SSSR count). The minimum atomic E-state index is 0.525. The Morgan fingerprint density at radius 3 is 0.716 bits per heavy atom. The lowest BCUT2D eigenvalue weighted by atomic mass is 10.0. The minimum Gasteiger partial charge on any atom is -0.309 e. The van der Waals surface area contributed by atoms with Crippen molar-refractivity contribution in [2.75, 3.05) is 0 Å². The van der Waals surface area contributed by atoms with Crippen LogP contribution in [0.2, 0.25) is 0 Å². The zero-order valence-corrected chi connectivity index (χ0v) is 43.9. The SMILES string of the molecule is c1ccc(-c2ccc3c4ccc(-c5ccccc5)cc4n(-c4ccc5c6ccc(-n7c8cc(-c9ccccc9)ccc8c8ccc(-c9ccccc9)cc87)cc6n(-c6nc(-c7ccccc7)nc(-c7ccccc7)n6)c5c4)c3c2)cc1. The van der Waals surface area contributed by atoms with Gasteiger partial charge in [0.25, 0.3) is 0 Å². The van der Waals surface area contributed by atoms with Crippen LogP contribution in [0.5, 0.6) is 0 Å². The predicted molar refractivity (Wildman–Crippen MR) is 335 cm³/mol. The topological polar surface area (TPSA) is 53.5 Å². The quantitative estimate of drug-likeness (QED) is 0.145. The van der Waals surface area contributed by atoms with Crippen molar-refractivity contribution in [3.8, 4) is 84.6 Å². The summed E-state index contributed by atoms with van der Waals surface area (Å²) in [5.74, 6) is 1.71. The summed E-state index contributed by atoms with van der Waals surface area (Å²) in [6, 6.07) is 105. The fourth-order valence-electron chi connectivity index (χ4n) is 12.2. The Hall–Kier alpha value is -11.0. The van der Waals surface area contributed by atoms with Gasteiger partial charge in [-0.15, -0.1) is 0 Å². The molecule has 0 atom stereocenters. The number of fused-ring (bicyclic) bond motifs is 9. The summed E-state index contributed by atoms with van der Waals surface area (Å²) in [7, 11) is 0. The molecule has 0 saturated carbocycles. The van der Waals surface area contributed by atoms with Crippen molar-refractivity contribution in [2.24, 2.45) is 0 Å². The third kappa shape index (κ3) is 7.83. The molecule has 0 fully saturated rings. The maximum absolute atomic E-state index is 5.46. The predicted octanol–water partition coefficient (Wildman–Crippen LogP) is 19.2. The third-order valence-electron chi connectivity index (χ3n) is 16.1. The molecule has 378 valence electrons. The van der Waals surface area contributed by atoms with Gasteiger partial charge in [0.1, 0.15) is 0 Å². The van der Waals surface area contributed by atoms with Crippen LogP contribution >= 0.6 is 0 Å². The fraction of sp³-hybridized carbons (Fsp3) is 0. The smallest absolute Gasteiger partial charge is 0.238 e. The molecule has 0 aliphatic rings. The van der Waals surface area contributed by atoms with Gasteiger partial charge in [-0.25, -0.2) is 4.98 Å². The lowest BCUT2D eigenvalue weighted by molar-refractivity contribution is 0.952. The molecule has 4 aromatic heterocycles. The fourth-order valence-corrected chi connectivity index (χ4v) is 12.2. The number of hydrogen-bond acceptors (Lipinski definition) is 3. The van der Waals surface area contributed by atoms with E-state index in [4.69, 9.17) is 15.0 Å². The van der Waals surface area contributed by atoms with E-state index >= 15 is 0 Å². The van der Waals surface area contributed by atoms with E-state index in [0.717, 1.165) is 88.6 Å². The molecule has 0 spiro atoms. The first-order chi connectivity index (χ1) is 40.1.